The van der Waals surface area contributed by atoms with E-state index in [1.54, 1.807) is 31.4 Å². The SMILES string of the molecule is COc1ccc2c(c1)CN(C(=O)[C@@H]1C[C@H]3CCCC[C@@H]3N1C(=O)c1cccc(Cl)c1)CC2. The van der Waals surface area contributed by atoms with Gasteiger partial charge in [-0.3, -0.25) is 9.59 Å². The average molecular weight is 453 g/mol. The topological polar surface area (TPSA) is 49.9 Å². The number of halogens is 1. The molecule has 0 radical (unpaired) electrons. The van der Waals surface area contributed by atoms with Gasteiger partial charge in [0, 0.05) is 29.7 Å². The molecule has 5 rings (SSSR count). The largest absolute Gasteiger partial charge is 0.497 e. The number of ether oxygens (including phenoxy) is 1. The van der Waals surface area contributed by atoms with Gasteiger partial charge in [0.15, 0.2) is 0 Å². The van der Waals surface area contributed by atoms with E-state index in [4.69, 9.17) is 16.3 Å². The highest BCUT2D eigenvalue weighted by Crippen LogP contribution is 2.41. The van der Waals surface area contributed by atoms with Gasteiger partial charge in [0.25, 0.3) is 5.91 Å². The maximum atomic E-state index is 13.8. The van der Waals surface area contributed by atoms with Crippen molar-refractivity contribution in [2.24, 2.45) is 5.92 Å². The summed E-state index contributed by atoms with van der Waals surface area (Å²) in [5.41, 5.74) is 2.96. The number of amides is 2. The highest BCUT2D eigenvalue weighted by molar-refractivity contribution is 6.31. The zero-order chi connectivity index (χ0) is 22.2. The maximum absolute atomic E-state index is 13.8. The fourth-order valence-corrected chi connectivity index (χ4v) is 5.99. The Morgan fingerprint density at radius 2 is 1.91 bits per heavy atom. The predicted molar refractivity (Wildman–Crippen MR) is 124 cm³/mol. The van der Waals surface area contributed by atoms with Gasteiger partial charge in [-0.15, -0.1) is 0 Å². The molecule has 0 N–H and O–H groups in total. The van der Waals surface area contributed by atoms with Crippen LogP contribution in [-0.4, -0.2) is 47.4 Å². The van der Waals surface area contributed by atoms with E-state index >= 15 is 0 Å². The second kappa shape index (κ2) is 8.78. The molecule has 2 fully saturated rings. The van der Waals surface area contributed by atoms with E-state index in [0.29, 0.717) is 29.6 Å². The van der Waals surface area contributed by atoms with Gasteiger partial charge in [0.1, 0.15) is 11.8 Å². The third-order valence-corrected chi connectivity index (χ3v) is 7.65. The summed E-state index contributed by atoms with van der Waals surface area (Å²) < 4.78 is 5.38. The highest BCUT2D eigenvalue weighted by atomic mass is 35.5. The molecule has 2 amide bonds. The van der Waals surface area contributed by atoms with Crippen molar-refractivity contribution >= 4 is 23.4 Å². The van der Waals surface area contributed by atoms with Crippen LogP contribution in [0.1, 0.15) is 53.6 Å². The summed E-state index contributed by atoms with van der Waals surface area (Å²) in [6.07, 6.45) is 5.94. The fraction of sp³-hybridized carbons (Fsp3) is 0.462. The number of carbonyl (C=O) groups excluding carboxylic acids is 2. The van der Waals surface area contributed by atoms with Gasteiger partial charge in [0.05, 0.1) is 7.11 Å². The van der Waals surface area contributed by atoms with Crippen molar-refractivity contribution in [3.63, 3.8) is 0 Å². The molecule has 2 aromatic carbocycles. The summed E-state index contributed by atoms with van der Waals surface area (Å²) in [4.78, 5) is 31.2. The summed E-state index contributed by atoms with van der Waals surface area (Å²) in [7, 11) is 1.66. The van der Waals surface area contributed by atoms with Gasteiger partial charge in [-0.05, 0) is 73.1 Å². The molecule has 3 aliphatic rings. The molecule has 2 aromatic rings. The van der Waals surface area contributed by atoms with Crippen LogP contribution in [0.4, 0.5) is 0 Å². The summed E-state index contributed by atoms with van der Waals surface area (Å²) in [5.74, 6) is 1.21. The standard InChI is InChI=1S/C26H29ClN2O3/c1-32-22-10-9-17-11-12-28(16-20(17)14-22)26(31)24-15-18-5-2-3-8-23(18)29(24)25(30)19-6-4-7-21(27)13-19/h4,6-7,9-10,13-14,18,23-24H,2-3,5,8,11-12,15-16H2,1H3/t18-,23+,24+/m1/s1. The van der Waals surface area contributed by atoms with Crippen LogP contribution in [0.25, 0.3) is 0 Å². The molecular weight excluding hydrogens is 424 g/mol. The molecule has 0 unspecified atom stereocenters. The lowest BCUT2D eigenvalue weighted by Gasteiger charge is -2.36. The summed E-state index contributed by atoms with van der Waals surface area (Å²) in [5, 5.41) is 0.541. The van der Waals surface area contributed by atoms with E-state index < -0.39 is 6.04 Å². The van der Waals surface area contributed by atoms with Crippen LogP contribution in [-0.2, 0) is 17.8 Å². The monoisotopic (exact) mass is 452 g/mol. The molecule has 0 aromatic heterocycles. The lowest BCUT2D eigenvalue weighted by molar-refractivity contribution is -0.136. The van der Waals surface area contributed by atoms with Crippen LogP contribution < -0.4 is 4.74 Å². The van der Waals surface area contributed by atoms with Gasteiger partial charge in [-0.1, -0.05) is 36.6 Å². The fourth-order valence-electron chi connectivity index (χ4n) is 5.80. The molecule has 168 valence electrons. The van der Waals surface area contributed by atoms with Gasteiger partial charge < -0.3 is 14.5 Å². The van der Waals surface area contributed by atoms with Crippen LogP contribution >= 0.6 is 11.6 Å². The summed E-state index contributed by atoms with van der Waals surface area (Å²) >= 11 is 6.17. The molecule has 0 spiro atoms. The Labute approximate surface area is 194 Å². The number of nitrogens with zero attached hydrogens (tertiary/aromatic N) is 2. The van der Waals surface area contributed by atoms with E-state index in [-0.39, 0.29) is 17.9 Å². The molecule has 2 aliphatic heterocycles. The van der Waals surface area contributed by atoms with Crippen molar-refractivity contribution < 1.29 is 14.3 Å². The molecule has 6 heteroatoms. The lowest BCUT2D eigenvalue weighted by atomic mass is 9.84. The number of methoxy groups -OCH3 is 1. The van der Waals surface area contributed by atoms with Crippen molar-refractivity contribution in [1.29, 1.82) is 0 Å². The minimum absolute atomic E-state index is 0.0701. The number of benzene rings is 2. The van der Waals surface area contributed by atoms with Crippen molar-refractivity contribution in [3.8, 4) is 5.75 Å². The lowest BCUT2D eigenvalue weighted by Crippen LogP contribution is -2.51. The van der Waals surface area contributed by atoms with Gasteiger partial charge in [-0.25, -0.2) is 0 Å². The second-order valence-corrected chi connectivity index (χ2v) is 9.67. The molecule has 1 saturated carbocycles. The van der Waals surface area contributed by atoms with Crippen LogP contribution in [0, 0.1) is 5.92 Å². The number of hydrogen-bond acceptors (Lipinski definition) is 3. The predicted octanol–water partition coefficient (Wildman–Crippen LogP) is 4.71. The third-order valence-electron chi connectivity index (χ3n) is 7.42. The van der Waals surface area contributed by atoms with Crippen LogP contribution in [0.5, 0.6) is 5.75 Å². The molecule has 3 atom stereocenters. The van der Waals surface area contributed by atoms with E-state index in [9.17, 15) is 9.59 Å². The Hall–Kier alpha value is -2.53. The zero-order valence-electron chi connectivity index (χ0n) is 18.4. The first kappa shape index (κ1) is 21.3. The van der Waals surface area contributed by atoms with Crippen LogP contribution in [0.15, 0.2) is 42.5 Å². The average Bonchev–Trinajstić information content (AvgIpc) is 3.22. The molecule has 2 heterocycles. The van der Waals surface area contributed by atoms with Gasteiger partial charge in [-0.2, -0.15) is 0 Å². The second-order valence-electron chi connectivity index (χ2n) is 9.23. The minimum atomic E-state index is -0.401. The summed E-state index contributed by atoms with van der Waals surface area (Å²) in [6.45, 7) is 1.25. The Balaban J connectivity index is 1.42. The number of carbonyl (C=O) groups is 2. The highest BCUT2D eigenvalue weighted by Gasteiger charge is 2.48. The summed E-state index contributed by atoms with van der Waals surface area (Å²) in [6, 6.07) is 12.9. The van der Waals surface area contributed by atoms with Crippen molar-refractivity contribution in [2.45, 2.75) is 57.2 Å². The van der Waals surface area contributed by atoms with Crippen LogP contribution in [0.3, 0.4) is 0 Å². The zero-order valence-corrected chi connectivity index (χ0v) is 19.2. The molecule has 5 nitrogen and oxygen atoms in total. The molecule has 1 aliphatic carbocycles. The number of rotatable bonds is 3. The van der Waals surface area contributed by atoms with E-state index in [1.165, 1.54) is 12.0 Å². The minimum Gasteiger partial charge on any atom is -0.497 e. The third kappa shape index (κ3) is 3.88. The first-order valence-corrected chi connectivity index (χ1v) is 12.0. The maximum Gasteiger partial charge on any atom is 0.254 e. The van der Waals surface area contributed by atoms with Gasteiger partial charge in [0.2, 0.25) is 5.91 Å². The molecule has 0 bridgehead atoms. The normalized spacial score (nSPS) is 24.6. The Morgan fingerprint density at radius 3 is 2.72 bits per heavy atom. The Kier molecular flexibility index (Phi) is 5.85. The molecule has 32 heavy (non-hydrogen) atoms. The van der Waals surface area contributed by atoms with Crippen molar-refractivity contribution in [1.82, 2.24) is 9.80 Å². The van der Waals surface area contributed by atoms with Crippen LogP contribution in [0.2, 0.25) is 5.02 Å². The Bertz CT molecular complexity index is 1040. The molecule has 1 saturated heterocycles. The van der Waals surface area contributed by atoms with Crippen molar-refractivity contribution in [2.75, 3.05) is 13.7 Å². The van der Waals surface area contributed by atoms with Crippen molar-refractivity contribution in [3.05, 3.63) is 64.2 Å². The number of hydrogen-bond donors (Lipinski definition) is 0. The van der Waals surface area contributed by atoms with E-state index in [2.05, 4.69) is 6.07 Å². The first-order valence-electron chi connectivity index (χ1n) is 11.6. The van der Waals surface area contributed by atoms with E-state index in [1.807, 2.05) is 21.9 Å². The molecular formula is C26H29ClN2O3. The van der Waals surface area contributed by atoms with Gasteiger partial charge >= 0.3 is 0 Å². The first-order chi connectivity index (χ1) is 15.5. The smallest absolute Gasteiger partial charge is 0.254 e. The Morgan fingerprint density at radius 1 is 1.06 bits per heavy atom. The quantitative estimate of drug-likeness (QED) is 0.677. The van der Waals surface area contributed by atoms with E-state index in [0.717, 1.165) is 43.4 Å². The number of likely N-dealkylation sites (tertiary alicyclic amines) is 1. The number of fused-ring (bicyclic) bond motifs is 2.